The zero-order chi connectivity index (χ0) is 13.7. The van der Waals surface area contributed by atoms with Gasteiger partial charge < -0.3 is 4.74 Å². The summed E-state index contributed by atoms with van der Waals surface area (Å²) in [6, 6.07) is 10.7. The SMILES string of the molecule is CC(Oc1cccc(Cl)c1)C(=O)Cc1cccnc1. The summed E-state index contributed by atoms with van der Waals surface area (Å²) in [4.78, 5) is 16.0. The minimum absolute atomic E-state index is 0.00738. The maximum absolute atomic E-state index is 12.0. The van der Waals surface area contributed by atoms with Crippen LogP contribution in [0.2, 0.25) is 5.02 Å². The summed E-state index contributed by atoms with van der Waals surface area (Å²) in [6.45, 7) is 1.74. The first kappa shape index (κ1) is 13.6. The van der Waals surface area contributed by atoms with E-state index >= 15 is 0 Å². The Morgan fingerprint density at radius 1 is 1.37 bits per heavy atom. The van der Waals surface area contributed by atoms with Crippen LogP contribution in [-0.4, -0.2) is 16.9 Å². The van der Waals surface area contributed by atoms with Crippen molar-refractivity contribution in [3.8, 4) is 5.75 Å². The number of carbonyl (C=O) groups is 1. The van der Waals surface area contributed by atoms with Crippen molar-refractivity contribution in [2.75, 3.05) is 0 Å². The minimum atomic E-state index is -0.515. The standard InChI is InChI=1S/C15H14ClNO2/c1-11(19-14-6-2-5-13(16)9-14)15(18)8-12-4-3-7-17-10-12/h2-7,9-11H,8H2,1H3. The smallest absolute Gasteiger partial charge is 0.177 e. The van der Waals surface area contributed by atoms with Crippen LogP contribution in [0.3, 0.4) is 0 Å². The molecule has 19 heavy (non-hydrogen) atoms. The van der Waals surface area contributed by atoms with Gasteiger partial charge in [0.25, 0.3) is 0 Å². The number of ketones is 1. The Bertz CT molecular complexity index is 557. The van der Waals surface area contributed by atoms with Crippen molar-refractivity contribution in [1.82, 2.24) is 4.98 Å². The Morgan fingerprint density at radius 3 is 2.89 bits per heavy atom. The predicted octanol–water partition coefficient (Wildman–Crippen LogP) is 3.31. The van der Waals surface area contributed by atoms with E-state index in [2.05, 4.69) is 4.98 Å². The maximum atomic E-state index is 12.0. The topological polar surface area (TPSA) is 39.2 Å². The lowest BCUT2D eigenvalue weighted by Crippen LogP contribution is -2.25. The first-order valence-corrected chi connectivity index (χ1v) is 6.37. The molecule has 1 aromatic carbocycles. The molecule has 0 bridgehead atoms. The monoisotopic (exact) mass is 275 g/mol. The van der Waals surface area contributed by atoms with Crippen LogP contribution in [0.15, 0.2) is 48.8 Å². The van der Waals surface area contributed by atoms with Gasteiger partial charge in [-0.15, -0.1) is 0 Å². The number of nitrogens with zero attached hydrogens (tertiary/aromatic N) is 1. The molecule has 0 aliphatic rings. The number of halogens is 1. The average Bonchev–Trinajstić information content (AvgIpc) is 2.40. The van der Waals surface area contributed by atoms with Crippen molar-refractivity contribution in [1.29, 1.82) is 0 Å². The van der Waals surface area contributed by atoms with Crippen LogP contribution in [0, 0.1) is 0 Å². The van der Waals surface area contributed by atoms with Crippen molar-refractivity contribution in [3.63, 3.8) is 0 Å². The fourth-order valence-corrected chi connectivity index (χ4v) is 1.84. The minimum Gasteiger partial charge on any atom is -0.483 e. The maximum Gasteiger partial charge on any atom is 0.177 e. The molecule has 1 aromatic heterocycles. The lowest BCUT2D eigenvalue weighted by Gasteiger charge is -2.13. The number of hydrogen-bond acceptors (Lipinski definition) is 3. The van der Waals surface area contributed by atoms with Gasteiger partial charge in [-0.3, -0.25) is 9.78 Å². The summed E-state index contributed by atoms with van der Waals surface area (Å²) in [5.74, 6) is 0.604. The van der Waals surface area contributed by atoms with Gasteiger partial charge in [-0.2, -0.15) is 0 Å². The molecule has 98 valence electrons. The van der Waals surface area contributed by atoms with Crippen LogP contribution in [0.25, 0.3) is 0 Å². The summed E-state index contributed by atoms with van der Waals surface area (Å²) >= 11 is 5.86. The van der Waals surface area contributed by atoms with Gasteiger partial charge in [0.1, 0.15) is 5.75 Å². The number of Topliss-reactive ketones (excluding diaryl/α,β-unsaturated/α-hetero) is 1. The summed E-state index contributed by atoms with van der Waals surface area (Å²) in [7, 11) is 0. The van der Waals surface area contributed by atoms with Crippen molar-refractivity contribution < 1.29 is 9.53 Å². The lowest BCUT2D eigenvalue weighted by atomic mass is 10.1. The molecule has 4 heteroatoms. The van der Waals surface area contributed by atoms with E-state index < -0.39 is 6.10 Å². The highest BCUT2D eigenvalue weighted by Gasteiger charge is 2.15. The quantitative estimate of drug-likeness (QED) is 0.840. The van der Waals surface area contributed by atoms with Crippen molar-refractivity contribution in [3.05, 3.63) is 59.4 Å². The number of pyridine rings is 1. The predicted molar refractivity (Wildman–Crippen MR) is 74.5 cm³/mol. The number of hydrogen-bond donors (Lipinski definition) is 0. The Balaban J connectivity index is 1.96. The summed E-state index contributed by atoms with van der Waals surface area (Å²) in [5, 5.41) is 0.587. The highest BCUT2D eigenvalue weighted by molar-refractivity contribution is 6.30. The number of benzene rings is 1. The molecule has 0 amide bonds. The molecule has 0 saturated carbocycles. The van der Waals surface area contributed by atoms with Crippen LogP contribution in [0.4, 0.5) is 0 Å². The van der Waals surface area contributed by atoms with Crippen molar-refractivity contribution >= 4 is 17.4 Å². The Labute approximate surface area is 117 Å². The van der Waals surface area contributed by atoms with E-state index in [0.29, 0.717) is 17.2 Å². The van der Waals surface area contributed by atoms with Gasteiger partial charge in [-0.1, -0.05) is 23.7 Å². The van der Waals surface area contributed by atoms with E-state index in [1.54, 1.807) is 43.6 Å². The normalized spacial score (nSPS) is 11.9. The molecule has 2 aromatic rings. The summed E-state index contributed by atoms with van der Waals surface area (Å²) < 4.78 is 5.57. The van der Waals surface area contributed by atoms with Gasteiger partial charge in [0.05, 0.1) is 0 Å². The fourth-order valence-electron chi connectivity index (χ4n) is 1.66. The van der Waals surface area contributed by atoms with Crippen molar-refractivity contribution in [2.24, 2.45) is 0 Å². The molecule has 0 spiro atoms. The molecule has 0 radical (unpaired) electrons. The van der Waals surface area contributed by atoms with E-state index in [-0.39, 0.29) is 5.78 Å². The number of aromatic nitrogens is 1. The first-order chi connectivity index (χ1) is 9.15. The van der Waals surface area contributed by atoms with Crippen molar-refractivity contribution in [2.45, 2.75) is 19.4 Å². The van der Waals surface area contributed by atoms with E-state index in [0.717, 1.165) is 5.56 Å². The third kappa shape index (κ3) is 4.07. The molecular formula is C15H14ClNO2. The molecule has 0 aliphatic heterocycles. The van der Waals surface area contributed by atoms with Gasteiger partial charge >= 0.3 is 0 Å². The third-order valence-corrected chi connectivity index (χ3v) is 2.90. The molecule has 0 fully saturated rings. The second-order valence-corrected chi connectivity index (χ2v) is 4.66. The Kier molecular flexibility index (Phi) is 4.53. The molecule has 3 nitrogen and oxygen atoms in total. The van der Waals surface area contributed by atoms with Gasteiger partial charge in [0.15, 0.2) is 11.9 Å². The summed E-state index contributed by atoms with van der Waals surface area (Å²) in [6.07, 6.45) is 3.16. The van der Waals surface area contributed by atoms with Crippen LogP contribution in [-0.2, 0) is 11.2 Å². The molecule has 2 rings (SSSR count). The summed E-state index contributed by atoms with van der Waals surface area (Å²) in [5.41, 5.74) is 0.883. The number of rotatable bonds is 5. The van der Waals surface area contributed by atoms with Gasteiger partial charge in [-0.05, 0) is 36.8 Å². The van der Waals surface area contributed by atoms with Crippen LogP contribution in [0.1, 0.15) is 12.5 Å². The molecule has 0 saturated heterocycles. The van der Waals surface area contributed by atoms with E-state index in [1.165, 1.54) is 0 Å². The van der Waals surface area contributed by atoms with Gasteiger partial charge in [-0.25, -0.2) is 0 Å². The first-order valence-electron chi connectivity index (χ1n) is 5.99. The molecule has 1 heterocycles. The van der Waals surface area contributed by atoms with Crippen LogP contribution in [0.5, 0.6) is 5.75 Å². The Morgan fingerprint density at radius 2 is 2.21 bits per heavy atom. The highest BCUT2D eigenvalue weighted by Crippen LogP contribution is 2.18. The highest BCUT2D eigenvalue weighted by atomic mass is 35.5. The second kappa shape index (κ2) is 6.34. The molecule has 0 N–H and O–H groups in total. The molecule has 1 unspecified atom stereocenters. The number of carbonyl (C=O) groups excluding carboxylic acids is 1. The van der Waals surface area contributed by atoms with E-state index in [1.807, 2.05) is 12.1 Å². The number of ether oxygens (including phenoxy) is 1. The zero-order valence-electron chi connectivity index (χ0n) is 10.5. The molecule has 0 aliphatic carbocycles. The van der Waals surface area contributed by atoms with Crippen LogP contribution >= 0.6 is 11.6 Å². The van der Waals surface area contributed by atoms with E-state index in [9.17, 15) is 4.79 Å². The molecule has 1 atom stereocenters. The lowest BCUT2D eigenvalue weighted by molar-refractivity contribution is -0.124. The molecular weight excluding hydrogens is 262 g/mol. The zero-order valence-corrected chi connectivity index (χ0v) is 11.3. The Hall–Kier alpha value is -1.87. The average molecular weight is 276 g/mol. The van der Waals surface area contributed by atoms with E-state index in [4.69, 9.17) is 16.3 Å². The third-order valence-electron chi connectivity index (χ3n) is 2.66. The van der Waals surface area contributed by atoms with Gasteiger partial charge in [0.2, 0.25) is 0 Å². The second-order valence-electron chi connectivity index (χ2n) is 4.22. The van der Waals surface area contributed by atoms with Crippen LogP contribution < -0.4 is 4.74 Å². The largest absolute Gasteiger partial charge is 0.483 e. The van der Waals surface area contributed by atoms with Gasteiger partial charge in [0, 0.05) is 23.8 Å². The fraction of sp³-hybridized carbons (Fsp3) is 0.200.